The summed E-state index contributed by atoms with van der Waals surface area (Å²) in [4.78, 5) is 25.2. The van der Waals surface area contributed by atoms with Crippen LogP contribution in [0.25, 0.3) is 0 Å². The maximum Gasteiger partial charge on any atom is 0.407 e. The van der Waals surface area contributed by atoms with Crippen LogP contribution in [0, 0.1) is 0 Å². The highest BCUT2D eigenvalue weighted by Crippen LogP contribution is 2.14. The predicted molar refractivity (Wildman–Crippen MR) is 70.9 cm³/mol. The fourth-order valence-corrected chi connectivity index (χ4v) is 2.27. The highest BCUT2D eigenvalue weighted by molar-refractivity contribution is 5.94. The average Bonchev–Trinajstić information content (AvgIpc) is 2.47. The van der Waals surface area contributed by atoms with E-state index in [1.165, 1.54) is 7.11 Å². The number of nitrogens with zero attached hydrogens (tertiary/aromatic N) is 1. The molecule has 0 radical (unpaired) electrons. The second-order valence-corrected chi connectivity index (χ2v) is 4.59. The van der Waals surface area contributed by atoms with E-state index in [1.54, 1.807) is 17.0 Å². The van der Waals surface area contributed by atoms with E-state index in [9.17, 15) is 9.59 Å². The van der Waals surface area contributed by atoms with Crippen molar-refractivity contribution in [2.45, 2.75) is 18.9 Å². The van der Waals surface area contributed by atoms with Gasteiger partial charge < -0.3 is 15.0 Å². The minimum absolute atomic E-state index is 0.0111. The molecule has 5 nitrogen and oxygen atoms in total. The van der Waals surface area contributed by atoms with Crippen LogP contribution in [0.5, 0.6) is 0 Å². The van der Waals surface area contributed by atoms with Gasteiger partial charge in [-0.2, -0.15) is 0 Å². The number of alkyl carbamates (subject to hydrolysis) is 1. The van der Waals surface area contributed by atoms with Gasteiger partial charge in [0.05, 0.1) is 7.11 Å². The molecule has 1 aliphatic heterocycles. The fraction of sp³-hybridized carbons (Fsp3) is 0.429. The van der Waals surface area contributed by atoms with Crippen molar-refractivity contribution in [3.8, 4) is 0 Å². The Labute approximate surface area is 112 Å². The first-order valence-electron chi connectivity index (χ1n) is 6.39. The molecule has 1 fully saturated rings. The number of hydrogen-bond acceptors (Lipinski definition) is 3. The van der Waals surface area contributed by atoms with Crippen molar-refractivity contribution in [3.63, 3.8) is 0 Å². The lowest BCUT2D eigenvalue weighted by Gasteiger charge is -2.32. The predicted octanol–water partition coefficient (Wildman–Crippen LogP) is 1.65. The lowest BCUT2D eigenvalue weighted by atomic mass is 10.0. The number of nitrogens with one attached hydrogen (secondary N) is 1. The van der Waals surface area contributed by atoms with E-state index in [1.807, 2.05) is 18.2 Å². The molecule has 1 heterocycles. The van der Waals surface area contributed by atoms with E-state index in [0.717, 1.165) is 19.4 Å². The van der Waals surface area contributed by atoms with Crippen molar-refractivity contribution in [1.82, 2.24) is 10.2 Å². The number of methoxy groups -OCH3 is 1. The van der Waals surface area contributed by atoms with Crippen LogP contribution < -0.4 is 5.32 Å². The summed E-state index contributed by atoms with van der Waals surface area (Å²) in [5.41, 5.74) is 0.682. The van der Waals surface area contributed by atoms with Crippen molar-refractivity contribution >= 4 is 12.0 Å². The Balaban J connectivity index is 1.97. The third-order valence-electron chi connectivity index (χ3n) is 3.24. The molecular formula is C14H18N2O3. The number of carbonyl (C=O) groups is 2. The highest BCUT2D eigenvalue weighted by Gasteiger charge is 2.25. The van der Waals surface area contributed by atoms with Gasteiger partial charge in [-0.25, -0.2) is 4.79 Å². The lowest BCUT2D eigenvalue weighted by Crippen LogP contribution is -2.49. The van der Waals surface area contributed by atoms with Crippen LogP contribution in [-0.4, -0.2) is 43.1 Å². The number of benzene rings is 1. The fourth-order valence-electron chi connectivity index (χ4n) is 2.27. The number of ether oxygens (including phenoxy) is 1. The Bertz CT molecular complexity index is 447. The summed E-state index contributed by atoms with van der Waals surface area (Å²) in [6.07, 6.45) is 1.31. The Kier molecular flexibility index (Phi) is 4.39. The van der Waals surface area contributed by atoms with Gasteiger partial charge in [-0.3, -0.25) is 4.79 Å². The molecule has 1 aromatic carbocycles. The van der Waals surface area contributed by atoms with E-state index in [2.05, 4.69) is 10.1 Å². The molecule has 0 saturated carbocycles. The van der Waals surface area contributed by atoms with Crippen LogP contribution in [0.1, 0.15) is 23.2 Å². The van der Waals surface area contributed by atoms with Gasteiger partial charge in [-0.05, 0) is 25.0 Å². The van der Waals surface area contributed by atoms with Crippen LogP contribution >= 0.6 is 0 Å². The number of likely N-dealkylation sites (tertiary alicyclic amines) is 1. The molecule has 0 aromatic heterocycles. The molecule has 1 N–H and O–H groups in total. The van der Waals surface area contributed by atoms with Crippen molar-refractivity contribution in [1.29, 1.82) is 0 Å². The molecule has 2 amide bonds. The Morgan fingerprint density at radius 2 is 2.05 bits per heavy atom. The van der Waals surface area contributed by atoms with Gasteiger partial charge in [0.2, 0.25) is 0 Å². The Morgan fingerprint density at radius 3 is 2.74 bits per heavy atom. The van der Waals surface area contributed by atoms with Crippen molar-refractivity contribution in [2.24, 2.45) is 0 Å². The van der Waals surface area contributed by atoms with Crippen molar-refractivity contribution < 1.29 is 14.3 Å². The third kappa shape index (κ3) is 3.47. The zero-order chi connectivity index (χ0) is 13.7. The van der Waals surface area contributed by atoms with Gasteiger partial charge in [0.1, 0.15) is 0 Å². The molecule has 2 rings (SSSR count). The summed E-state index contributed by atoms with van der Waals surface area (Å²) >= 11 is 0. The Hall–Kier alpha value is -2.04. The molecule has 0 aliphatic carbocycles. The molecule has 102 valence electrons. The minimum Gasteiger partial charge on any atom is -0.453 e. The molecule has 1 aromatic rings. The molecule has 1 saturated heterocycles. The first-order valence-corrected chi connectivity index (χ1v) is 6.39. The summed E-state index contributed by atoms with van der Waals surface area (Å²) in [6, 6.07) is 9.16. The van der Waals surface area contributed by atoms with Gasteiger partial charge in [0.25, 0.3) is 5.91 Å². The first-order chi connectivity index (χ1) is 9.20. The maximum absolute atomic E-state index is 12.3. The normalized spacial score (nSPS) is 18.8. The zero-order valence-electron chi connectivity index (χ0n) is 11.0. The maximum atomic E-state index is 12.3. The van der Waals surface area contributed by atoms with E-state index in [-0.39, 0.29) is 11.9 Å². The van der Waals surface area contributed by atoms with Gasteiger partial charge in [-0.15, -0.1) is 0 Å². The Morgan fingerprint density at radius 1 is 1.32 bits per heavy atom. The van der Waals surface area contributed by atoms with Crippen LogP contribution in [0.3, 0.4) is 0 Å². The van der Waals surface area contributed by atoms with Crippen LogP contribution in [0.15, 0.2) is 30.3 Å². The highest BCUT2D eigenvalue weighted by atomic mass is 16.5. The minimum atomic E-state index is -0.445. The molecule has 1 atom stereocenters. The second-order valence-electron chi connectivity index (χ2n) is 4.59. The van der Waals surface area contributed by atoms with E-state index in [0.29, 0.717) is 12.1 Å². The topological polar surface area (TPSA) is 58.6 Å². The molecule has 1 unspecified atom stereocenters. The summed E-state index contributed by atoms with van der Waals surface area (Å²) in [5, 5.41) is 2.75. The van der Waals surface area contributed by atoms with Crippen LogP contribution in [-0.2, 0) is 4.74 Å². The molecule has 19 heavy (non-hydrogen) atoms. The van der Waals surface area contributed by atoms with E-state index < -0.39 is 6.09 Å². The number of piperidine rings is 1. The summed E-state index contributed by atoms with van der Waals surface area (Å²) < 4.78 is 4.58. The zero-order valence-corrected chi connectivity index (χ0v) is 11.0. The largest absolute Gasteiger partial charge is 0.453 e. The summed E-state index contributed by atoms with van der Waals surface area (Å²) in [6.45, 7) is 1.26. The van der Waals surface area contributed by atoms with Gasteiger partial charge in [0, 0.05) is 24.7 Å². The lowest BCUT2D eigenvalue weighted by molar-refractivity contribution is 0.0689. The number of hydrogen-bond donors (Lipinski definition) is 1. The first kappa shape index (κ1) is 13.4. The molecule has 0 spiro atoms. The van der Waals surface area contributed by atoms with Gasteiger partial charge >= 0.3 is 6.09 Å². The summed E-state index contributed by atoms with van der Waals surface area (Å²) in [7, 11) is 1.34. The van der Waals surface area contributed by atoms with Crippen LogP contribution in [0.4, 0.5) is 4.79 Å². The van der Waals surface area contributed by atoms with E-state index >= 15 is 0 Å². The standard InChI is InChI=1S/C14H18N2O3/c1-19-14(18)15-12-8-5-9-16(10-12)13(17)11-6-3-2-4-7-11/h2-4,6-7,12H,5,8-10H2,1H3,(H,15,18). The SMILES string of the molecule is COC(=O)NC1CCCN(C(=O)c2ccccc2)C1. The van der Waals surface area contributed by atoms with Crippen LogP contribution in [0.2, 0.25) is 0 Å². The molecule has 1 aliphatic rings. The monoisotopic (exact) mass is 262 g/mol. The quantitative estimate of drug-likeness (QED) is 0.881. The van der Waals surface area contributed by atoms with Gasteiger partial charge in [0.15, 0.2) is 0 Å². The average molecular weight is 262 g/mol. The number of carbonyl (C=O) groups excluding carboxylic acids is 2. The van der Waals surface area contributed by atoms with Crippen molar-refractivity contribution in [3.05, 3.63) is 35.9 Å². The van der Waals surface area contributed by atoms with Gasteiger partial charge in [-0.1, -0.05) is 18.2 Å². The summed E-state index contributed by atoms with van der Waals surface area (Å²) in [5.74, 6) is 0.0111. The van der Waals surface area contributed by atoms with Crippen molar-refractivity contribution in [2.75, 3.05) is 20.2 Å². The molecule has 5 heteroatoms. The third-order valence-corrected chi connectivity index (χ3v) is 3.24. The number of amides is 2. The second kappa shape index (κ2) is 6.22. The molecular weight excluding hydrogens is 244 g/mol. The smallest absolute Gasteiger partial charge is 0.407 e. The van der Waals surface area contributed by atoms with E-state index in [4.69, 9.17) is 0 Å². The number of rotatable bonds is 2. The molecule has 0 bridgehead atoms.